The Morgan fingerprint density at radius 3 is 3.17 bits per heavy atom. The Morgan fingerprint density at radius 1 is 1.28 bits per heavy atom. The van der Waals surface area contributed by atoms with Gasteiger partial charge in [0.05, 0.1) is 10.2 Å². The van der Waals surface area contributed by atoms with E-state index in [1.807, 2.05) is 12.1 Å². The predicted octanol–water partition coefficient (Wildman–Crippen LogP) is 2.08. The molecule has 5 nitrogen and oxygen atoms in total. The summed E-state index contributed by atoms with van der Waals surface area (Å²) in [5.74, 6) is 2.05. The van der Waals surface area contributed by atoms with Crippen LogP contribution in [0.4, 0.5) is 5.13 Å². The molecule has 0 amide bonds. The Balaban J connectivity index is 1.90. The van der Waals surface area contributed by atoms with Crippen molar-refractivity contribution >= 4 is 26.7 Å². The highest BCUT2D eigenvalue weighted by Gasteiger charge is 2.18. The molecule has 3 heterocycles. The van der Waals surface area contributed by atoms with E-state index in [1.165, 1.54) is 11.3 Å². The third-order valence-electron chi connectivity index (χ3n) is 3.27. The zero-order chi connectivity index (χ0) is 12.1. The Kier molecular flexibility index (Phi) is 1.96. The van der Waals surface area contributed by atoms with Crippen LogP contribution in [0.15, 0.2) is 18.2 Å². The van der Waals surface area contributed by atoms with Crippen molar-refractivity contribution in [1.82, 2.24) is 19.7 Å². The van der Waals surface area contributed by atoms with Gasteiger partial charge in [0.1, 0.15) is 5.82 Å². The van der Waals surface area contributed by atoms with E-state index in [4.69, 9.17) is 5.73 Å². The van der Waals surface area contributed by atoms with Crippen molar-refractivity contribution in [3.63, 3.8) is 0 Å². The normalized spacial score (nSPS) is 14.2. The smallest absolute Gasteiger partial charge is 0.181 e. The summed E-state index contributed by atoms with van der Waals surface area (Å²) in [4.78, 5) is 4.26. The van der Waals surface area contributed by atoms with Crippen molar-refractivity contribution in [3.8, 4) is 11.4 Å². The molecule has 0 atom stereocenters. The van der Waals surface area contributed by atoms with E-state index in [2.05, 4.69) is 25.8 Å². The molecule has 1 aliphatic rings. The van der Waals surface area contributed by atoms with E-state index in [1.54, 1.807) is 0 Å². The van der Waals surface area contributed by atoms with Crippen LogP contribution in [-0.2, 0) is 13.0 Å². The van der Waals surface area contributed by atoms with Gasteiger partial charge in [-0.05, 0) is 24.6 Å². The number of aromatic nitrogens is 4. The van der Waals surface area contributed by atoms with Gasteiger partial charge in [0.2, 0.25) is 0 Å². The Hall–Kier alpha value is -1.95. The highest BCUT2D eigenvalue weighted by atomic mass is 32.1. The first-order chi connectivity index (χ1) is 8.81. The fourth-order valence-corrected chi connectivity index (χ4v) is 3.22. The number of fused-ring (bicyclic) bond motifs is 2. The number of anilines is 1. The number of benzene rings is 1. The molecule has 18 heavy (non-hydrogen) atoms. The van der Waals surface area contributed by atoms with Gasteiger partial charge < -0.3 is 10.3 Å². The number of nitrogens with two attached hydrogens (primary N) is 1. The minimum absolute atomic E-state index is 0.605. The first kappa shape index (κ1) is 10.0. The summed E-state index contributed by atoms with van der Waals surface area (Å²) < 4.78 is 3.30. The van der Waals surface area contributed by atoms with E-state index in [-0.39, 0.29) is 0 Å². The van der Waals surface area contributed by atoms with Gasteiger partial charge in [0, 0.05) is 18.5 Å². The average molecular weight is 257 g/mol. The summed E-state index contributed by atoms with van der Waals surface area (Å²) in [7, 11) is 0. The Morgan fingerprint density at radius 2 is 2.22 bits per heavy atom. The minimum Gasteiger partial charge on any atom is -0.375 e. The van der Waals surface area contributed by atoms with E-state index in [0.29, 0.717) is 5.13 Å². The molecule has 0 bridgehead atoms. The first-order valence-corrected chi connectivity index (χ1v) is 6.71. The second kappa shape index (κ2) is 3.52. The van der Waals surface area contributed by atoms with Crippen LogP contribution in [0.1, 0.15) is 12.2 Å². The summed E-state index contributed by atoms with van der Waals surface area (Å²) in [6, 6.07) is 6.13. The molecule has 0 unspecified atom stereocenters. The van der Waals surface area contributed by atoms with Crippen molar-refractivity contribution in [1.29, 1.82) is 0 Å². The molecule has 4 rings (SSSR count). The molecule has 0 saturated heterocycles. The lowest BCUT2D eigenvalue weighted by Gasteiger charge is -2.02. The molecule has 0 aliphatic carbocycles. The lowest BCUT2D eigenvalue weighted by molar-refractivity contribution is 0.749. The van der Waals surface area contributed by atoms with Crippen molar-refractivity contribution < 1.29 is 0 Å². The lowest BCUT2D eigenvalue weighted by atomic mass is 10.2. The van der Waals surface area contributed by atoms with Gasteiger partial charge >= 0.3 is 0 Å². The summed E-state index contributed by atoms with van der Waals surface area (Å²) >= 11 is 1.51. The molecule has 6 heteroatoms. The van der Waals surface area contributed by atoms with Crippen LogP contribution in [0.3, 0.4) is 0 Å². The van der Waals surface area contributed by atoms with Crippen LogP contribution in [0, 0.1) is 0 Å². The third kappa shape index (κ3) is 1.35. The molecular formula is C12H11N5S. The fourth-order valence-electron chi connectivity index (χ4n) is 2.45. The van der Waals surface area contributed by atoms with E-state index >= 15 is 0 Å². The first-order valence-electron chi connectivity index (χ1n) is 5.90. The number of rotatable bonds is 1. The van der Waals surface area contributed by atoms with E-state index in [9.17, 15) is 0 Å². The number of thiazole rings is 1. The highest BCUT2D eigenvalue weighted by Crippen LogP contribution is 2.29. The summed E-state index contributed by atoms with van der Waals surface area (Å²) in [5.41, 5.74) is 7.76. The molecule has 3 aromatic rings. The van der Waals surface area contributed by atoms with Crippen LogP contribution in [0.5, 0.6) is 0 Å². The van der Waals surface area contributed by atoms with Crippen LogP contribution in [0.25, 0.3) is 21.6 Å². The number of nitrogens with zero attached hydrogens (tertiary/aromatic N) is 4. The second-order valence-corrected chi connectivity index (χ2v) is 5.49. The lowest BCUT2D eigenvalue weighted by Crippen LogP contribution is -1.95. The highest BCUT2D eigenvalue weighted by molar-refractivity contribution is 7.22. The molecule has 2 N–H and O–H groups in total. The van der Waals surface area contributed by atoms with Crippen molar-refractivity contribution in [2.45, 2.75) is 19.4 Å². The van der Waals surface area contributed by atoms with Gasteiger partial charge in [-0.3, -0.25) is 0 Å². The van der Waals surface area contributed by atoms with E-state index < -0.39 is 0 Å². The number of aryl methyl sites for hydroxylation is 1. The molecule has 0 spiro atoms. The number of hydrogen-bond acceptors (Lipinski definition) is 5. The SMILES string of the molecule is Nc1nc2ccc(-c3nnc4n3CCC4)cc2s1. The molecule has 0 fully saturated rings. The maximum atomic E-state index is 5.72. The average Bonchev–Trinajstić information content (AvgIpc) is 2.99. The largest absolute Gasteiger partial charge is 0.375 e. The molecule has 1 aliphatic heterocycles. The van der Waals surface area contributed by atoms with Gasteiger partial charge in [0.25, 0.3) is 0 Å². The topological polar surface area (TPSA) is 69.6 Å². The third-order valence-corrected chi connectivity index (χ3v) is 4.12. The van der Waals surface area contributed by atoms with Crippen molar-refractivity contribution in [2.75, 3.05) is 5.73 Å². The molecular weight excluding hydrogens is 246 g/mol. The van der Waals surface area contributed by atoms with Gasteiger partial charge in [-0.2, -0.15) is 0 Å². The molecule has 90 valence electrons. The molecule has 1 aromatic carbocycles. The van der Waals surface area contributed by atoms with Crippen LogP contribution in [0.2, 0.25) is 0 Å². The number of hydrogen-bond donors (Lipinski definition) is 1. The van der Waals surface area contributed by atoms with Crippen LogP contribution >= 0.6 is 11.3 Å². The monoisotopic (exact) mass is 257 g/mol. The van der Waals surface area contributed by atoms with E-state index in [0.717, 1.165) is 46.8 Å². The summed E-state index contributed by atoms with van der Waals surface area (Å²) in [5, 5.41) is 9.13. The van der Waals surface area contributed by atoms with Crippen LogP contribution < -0.4 is 5.73 Å². The Labute approximate surface area is 107 Å². The van der Waals surface area contributed by atoms with Gasteiger partial charge in [-0.15, -0.1) is 10.2 Å². The predicted molar refractivity (Wildman–Crippen MR) is 71.4 cm³/mol. The van der Waals surface area contributed by atoms with Gasteiger partial charge in [0.15, 0.2) is 11.0 Å². The zero-order valence-corrected chi connectivity index (χ0v) is 10.4. The summed E-state index contributed by atoms with van der Waals surface area (Å²) in [6.45, 7) is 1.01. The maximum absolute atomic E-state index is 5.72. The zero-order valence-electron chi connectivity index (χ0n) is 9.63. The van der Waals surface area contributed by atoms with Crippen molar-refractivity contribution in [3.05, 3.63) is 24.0 Å². The quantitative estimate of drug-likeness (QED) is 0.724. The summed E-state index contributed by atoms with van der Waals surface area (Å²) in [6.07, 6.45) is 2.19. The minimum atomic E-state index is 0.605. The van der Waals surface area contributed by atoms with Gasteiger partial charge in [-0.1, -0.05) is 11.3 Å². The van der Waals surface area contributed by atoms with Gasteiger partial charge in [-0.25, -0.2) is 4.98 Å². The second-order valence-electron chi connectivity index (χ2n) is 4.43. The molecule has 0 saturated carbocycles. The fraction of sp³-hybridized carbons (Fsp3) is 0.250. The standard InChI is InChI=1S/C12H11N5S/c13-12-14-8-4-3-7(6-9(8)18-12)11-16-15-10-2-1-5-17(10)11/h3-4,6H,1-2,5H2,(H2,13,14). The van der Waals surface area contributed by atoms with Crippen molar-refractivity contribution in [2.24, 2.45) is 0 Å². The maximum Gasteiger partial charge on any atom is 0.181 e. The molecule has 0 radical (unpaired) electrons. The van der Waals surface area contributed by atoms with Crippen LogP contribution in [-0.4, -0.2) is 19.7 Å². The number of nitrogen functional groups attached to an aromatic ring is 1. The molecule has 2 aromatic heterocycles. The Bertz CT molecular complexity index is 742.